The van der Waals surface area contributed by atoms with Crippen molar-refractivity contribution in [1.29, 1.82) is 0 Å². The first kappa shape index (κ1) is 21.4. The van der Waals surface area contributed by atoms with Gasteiger partial charge in [0, 0.05) is 32.7 Å². The Hall–Kier alpha value is -2.34. The summed E-state index contributed by atoms with van der Waals surface area (Å²) < 4.78 is 0. The molecule has 1 heterocycles. The van der Waals surface area contributed by atoms with E-state index in [1.54, 1.807) is 6.08 Å². The zero-order chi connectivity index (χ0) is 20.6. The Bertz CT molecular complexity index is 679. The molecule has 1 aromatic carbocycles. The highest BCUT2D eigenvalue weighted by Crippen LogP contribution is 2.31. The van der Waals surface area contributed by atoms with Crippen molar-refractivity contribution in [3.63, 3.8) is 0 Å². The molecular weight excluding hydrogens is 364 g/mol. The van der Waals surface area contributed by atoms with Gasteiger partial charge in [-0.15, -0.1) is 6.58 Å². The third-order valence-electron chi connectivity index (χ3n) is 6.17. The van der Waals surface area contributed by atoms with Crippen LogP contribution in [0.4, 0.5) is 4.79 Å². The zero-order valence-electron chi connectivity index (χ0n) is 17.5. The van der Waals surface area contributed by atoms with E-state index in [9.17, 15) is 9.59 Å². The van der Waals surface area contributed by atoms with Crippen LogP contribution in [-0.4, -0.2) is 60.5 Å². The monoisotopic (exact) mass is 398 g/mol. The summed E-state index contributed by atoms with van der Waals surface area (Å²) in [7, 11) is 0. The number of urea groups is 1. The lowest BCUT2D eigenvalue weighted by molar-refractivity contribution is -0.129. The van der Waals surface area contributed by atoms with E-state index in [0.29, 0.717) is 25.6 Å². The highest BCUT2D eigenvalue weighted by molar-refractivity contribution is 5.82. The maximum atomic E-state index is 13.3. The van der Waals surface area contributed by atoms with Crippen molar-refractivity contribution < 1.29 is 9.59 Å². The SMILES string of the molecule is C=CCNC(=O)N1CCN([C@H](C(=O)N[C@@H](C)c2ccccc2)C2CCCC2)CC1. The molecule has 158 valence electrons. The second kappa shape index (κ2) is 10.4. The van der Waals surface area contributed by atoms with Gasteiger partial charge in [-0.25, -0.2) is 4.79 Å². The molecule has 1 saturated heterocycles. The predicted molar refractivity (Wildman–Crippen MR) is 115 cm³/mol. The molecule has 0 unspecified atom stereocenters. The summed E-state index contributed by atoms with van der Waals surface area (Å²) in [6, 6.07) is 9.92. The van der Waals surface area contributed by atoms with Crippen LogP contribution in [-0.2, 0) is 4.79 Å². The van der Waals surface area contributed by atoms with Crippen molar-refractivity contribution >= 4 is 11.9 Å². The Kier molecular flexibility index (Phi) is 7.69. The summed E-state index contributed by atoms with van der Waals surface area (Å²) >= 11 is 0. The van der Waals surface area contributed by atoms with Gasteiger partial charge in [-0.05, 0) is 31.2 Å². The Morgan fingerprint density at radius 1 is 1.14 bits per heavy atom. The quantitative estimate of drug-likeness (QED) is 0.694. The van der Waals surface area contributed by atoms with E-state index in [-0.39, 0.29) is 24.0 Å². The number of nitrogens with one attached hydrogen (secondary N) is 2. The van der Waals surface area contributed by atoms with Crippen LogP contribution in [0.2, 0.25) is 0 Å². The van der Waals surface area contributed by atoms with Crippen LogP contribution in [0.25, 0.3) is 0 Å². The highest BCUT2D eigenvalue weighted by atomic mass is 16.2. The standard InChI is InChI=1S/C23H34N4O2/c1-3-13-24-23(29)27-16-14-26(15-17-27)21(20-11-7-8-12-20)22(28)25-18(2)19-9-5-4-6-10-19/h3-6,9-10,18,20-21H,1,7-8,11-17H2,2H3,(H,24,29)(H,25,28)/t18-,21-/m0/s1. The number of carbonyl (C=O) groups is 2. The van der Waals surface area contributed by atoms with Gasteiger partial charge in [-0.2, -0.15) is 0 Å². The fourth-order valence-corrected chi connectivity index (χ4v) is 4.55. The number of benzene rings is 1. The molecule has 2 N–H and O–H groups in total. The van der Waals surface area contributed by atoms with Gasteiger partial charge in [0.25, 0.3) is 0 Å². The van der Waals surface area contributed by atoms with Crippen LogP contribution in [0.3, 0.4) is 0 Å². The molecule has 0 radical (unpaired) electrons. The van der Waals surface area contributed by atoms with Gasteiger partial charge in [0.15, 0.2) is 0 Å². The first-order chi connectivity index (χ1) is 14.1. The first-order valence-electron chi connectivity index (χ1n) is 10.8. The molecule has 3 rings (SSSR count). The normalized spacial score (nSPS) is 20.1. The third-order valence-corrected chi connectivity index (χ3v) is 6.17. The van der Waals surface area contributed by atoms with Crippen LogP contribution in [0.5, 0.6) is 0 Å². The maximum Gasteiger partial charge on any atom is 0.317 e. The van der Waals surface area contributed by atoms with E-state index >= 15 is 0 Å². The molecule has 2 fully saturated rings. The fraction of sp³-hybridized carbons (Fsp3) is 0.565. The van der Waals surface area contributed by atoms with Gasteiger partial charge in [0.1, 0.15) is 0 Å². The Balaban J connectivity index is 1.62. The smallest absolute Gasteiger partial charge is 0.317 e. The van der Waals surface area contributed by atoms with Crippen LogP contribution < -0.4 is 10.6 Å². The summed E-state index contributed by atoms with van der Waals surface area (Å²) in [5, 5.41) is 6.09. The molecule has 29 heavy (non-hydrogen) atoms. The molecule has 3 amide bonds. The van der Waals surface area contributed by atoms with Gasteiger partial charge in [0.05, 0.1) is 12.1 Å². The molecule has 1 saturated carbocycles. The molecule has 1 aromatic rings. The van der Waals surface area contributed by atoms with Crippen molar-refractivity contribution in [2.75, 3.05) is 32.7 Å². The minimum Gasteiger partial charge on any atom is -0.348 e. The maximum absolute atomic E-state index is 13.3. The summed E-state index contributed by atoms with van der Waals surface area (Å²) in [5.74, 6) is 0.525. The Morgan fingerprint density at radius 3 is 2.41 bits per heavy atom. The third kappa shape index (κ3) is 5.60. The van der Waals surface area contributed by atoms with E-state index in [1.165, 1.54) is 12.8 Å². The molecule has 6 nitrogen and oxygen atoms in total. The van der Waals surface area contributed by atoms with Gasteiger partial charge in [-0.3, -0.25) is 9.69 Å². The van der Waals surface area contributed by atoms with Crippen LogP contribution >= 0.6 is 0 Å². The molecular formula is C23H34N4O2. The Morgan fingerprint density at radius 2 is 1.79 bits per heavy atom. The molecule has 0 bridgehead atoms. The van der Waals surface area contributed by atoms with E-state index < -0.39 is 0 Å². The summed E-state index contributed by atoms with van der Waals surface area (Å²) in [4.78, 5) is 29.6. The van der Waals surface area contributed by atoms with Crippen molar-refractivity contribution in [3.05, 3.63) is 48.6 Å². The van der Waals surface area contributed by atoms with Crippen LogP contribution in [0, 0.1) is 5.92 Å². The van der Waals surface area contributed by atoms with Crippen LogP contribution in [0.1, 0.15) is 44.2 Å². The molecule has 6 heteroatoms. The van der Waals surface area contributed by atoms with E-state index in [2.05, 4.69) is 34.2 Å². The van der Waals surface area contributed by atoms with E-state index in [1.807, 2.05) is 30.0 Å². The second-order valence-corrected chi connectivity index (χ2v) is 8.13. The molecule has 0 spiro atoms. The van der Waals surface area contributed by atoms with Gasteiger partial charge in [-0.1, -0.05) is 49.2 Å². The zero-order valence-corrected chi connectivity index (χ0v) is 17.5. The molecule has 1 aliphatic heterocycles. The van der Waals surface area contributed by atoms with Crippen molar-refractivity contribution in [2.24, 2.45) is 5.92 Å². The van der Waals surface area contributed by atoms with E-state index in [0.717, 1.165) is 31.5 Å². The minimum absolute atomic E-state index is 0.0152. The fourth-order valence-electron chi connectivity index (χ4n) is 4.55. The molecule has 2 aliphatic rings. The predicted octanol–water partition coefficient (Wildman–Crippen LogP) is 2.94. The van der Waals surface area contributed by atoms with E-state index in [4.69, 9.17) is 0 Å². The number of piperazine rings is 1. The summed E-state index contributed by atoms with van der Waals surface area (Å²) in [5.41, 5.74) is 1.12. The van der Waals surface area contributed by atoms with Gasteiger partial charge < -0.3 is 15.5 Å². The molecule has 2 atom stereocenters. The minimum atomic E-state index is -0.109. The highest BCUT2D eigenvalue weighted by Gasteiger charge is 2.37. The summed E-state index contributed by atoms with van der Waals surface area (Å²) in [6.07, 6.45) is 6.30. The number of hydrogen-bond donors (Lipinski definition) is 2. The topological polar surface area (TPSA) is 64.7 Å². The lowest BCUT2D eigenvalue weighted by Gasteiger charge is -2.41. The Labute approximate surface area is 174 Å². The van der Waals surface area contributed by atoms with Gasteiger partial charge >= 0.3 is 6.03 Å². The average Bonchev–Trinajstić information content (AvgIpc) is 3.27. The largest absolute Gasteiger partial charge is 0.348 e. The van der Waals surface area contributed by atoms with Gasteiger partial charge in [0.2, 0.25) is 5.91 Å². The average molecular weight is 399 g/mol. The number of carbonyl (C=O) groups excluding carboxylic acids is 2. The molecule has 0 aromatic heterocycles. The van der Waals surface area contributed by atoms with Crippen molar-refractivity contribution in [3.8, 4) is 0 Å². The lowest BCUT2D eigenvalue weighted by atomic mass is 9.94. The number of nitrogens with zero attached hydrogens (tertiary/aromatic N) is 2. The number of hydrogen-bond acceptors (Lipinski definition) is 3. The van der Waals surface area contributed by atoms with Crippen molar-refractivity contribution in [1.82, 2.24) is 20.4 Å². The molecule has 1 aliphatic carbocycles. The lowest BCUT2D eigenvalue weighted by Crippen LogP contribution is -2.59. The van der Waals surface area contributed by atoms with Crippen molar-refractivity contribution in [2.45, 2.75) is 44.7 Å². The number of amides is 3. The number of rotatable bonds is 7. The van der Waals surface area contributed by atoms with Crippen LogP contribution in [0.15, 0.2) is 43.0 Å². The second-order valence-electron chi connectivity index (χ2n) is 8.13. The summed E-state index contributed by atoms with van der Waals surface area (Å²) in [6.45, 7) is 8.91. The first-order valence-corrected chi connectivity index (χ1v) is 10.8.